The van der Waals surface area contributed by atoms with Gasteiger partial charge in [-0.2, -0.15) is 0 Å². The number of halogens is 3. The molecule has 120 valence electrons. The largest absolute Gasteiger partial charge is 0.341 e. The molecule has 7 heteroatoms. The van der Waals surface area contributed by atoms with Crippen LogP contribution in [0.4, 0.5) is 18.9 Å². The molecule has 0 aliphatic rings. The molecule has 0 bridgehead atoms. The number of anilines is 1. The number of nitrogens with one attached hydrogen (secondary N) is 2. The van der Waals surface area contributed by atoms with Gasteiger partial charge in [-0.05, 0) is 24.6 Å². The van der Waals surface area contributed by atoms with Crippen molar-refractivity contribution in [3.63, 3.8) is 0 Å². The molecule has 2 N–H and O–H groups in total. The van der Waals surface area contributed by atoms with Gasteiger partial charge in [-0.25, -0.2) is 13.2 Å². The monoisotopic (exact) mass is 322 g/mol. The summed E-state index contributed by atoms with van der Waals surface area (Å²) in [4.78, 5) is 23.5. The van der Waals surface area contributed by atoms with E-state index < -0.39 is 41.0 Å². The van der Waals surface area contributed by atoms with Crippen molar-refractivity contribution in [2.45, 2.75) is 13.0 Å². The molecule has 0 aliphatic heterocycles. The number of carbonyl (C=O) groups excluding carboxylic acids is 2. The lowest BCUT2D eigenvalue weighted by Gasteiger charge is -2.14. The lowest BCUT2D eigenvalue weighted by molar-refractivity contribution is -0.136. The molecule has 0 radical (unpaired) electrons. The summed E-state index contributed by atoms with van der Waals surface area (Å²) in [6.45, 7) is 1.67. The van der Waals surface area contributed by atoms with Crippen LogP contribution in [-0.4, -0.2) is 11.8 Å². The Hall–Kier alpha value is -2.83. The number of benzene rings is 2. The van der Waals surface area contributed by atoms with Crippen molar-refractivity contribution in [2.75, 3.05) is 5.32 Å². The third-order valence-electron chi connectivity index (χ3n) is 3.14. The molecule has 0 spiro atoms. The summed E-state index contributed by atoms with van der Waals surface area (Å²) in [5.74, 6) is -6.88. The van der Waals surface area contributed by atoms with E-state index in [4.69, 9.17) is 0 Å². The van der Waals surface area contributed by atoms with E-state index in [1.54, 1.807) is 37.3 Å². The molecule has 4 nitrogen and oxygen atoms in total. The molecule has 0 saturated carbocycles. The average Bonchev–Trinajstić information content (AvgIpc) is 2.56. The molecule has 0 aromatic heterocycles. The SMILES string of the molecule is CC(NC(=O)C(=O)Nc1ccc(F)c(F)c1F)c1ccccc1. The van der Waals surface area contributed by atoms with Crippen molar-refractivity contribution < 1.29 is 22.8 Å². The Labute approximate surface area is 130 Å². The standard InChI is InChI=1S/C16H13F3N2O2/c1-9(10-5-3-2-4-6-10)20-15(22)16(23)21-12-8-7-11(17)13(18)14(12)19/h2-9H,1H3,(H,20,22)(H,21,23). The highest BCUT2D eigenvalue weighted by Crippen LogP contribution is 2.19. The van der Waals surface area contributed by atoms with Crippen LogP contribution in [0, 0.1) is 17.5 Å². The van der Waals surface area contributed by atoms with Crippen LogP contribution in [0.2, 0.25) is 0 Å². The van der Waals surface area contributed by atoms with Crippen LogP contribution in [0.25, 0.3) is 0 Å². The van der Waals surface area contributed by atoms with E-state index in [0.717, 1.165) is 11.6 Å². The van der Waals surface area contributed by atoms with Crippen molar-refractivity contribution >= 4 is 17.5 Å². The number of amides is 2. The summed E-state index contributed by atoms with van der Waals surface area (Å²) in [6, 6.07) is 9.90. The van der Waals surface area contributed by atoms with Crippen molar-refractivity contribution in [1.82, 2.24) is 5.32 Å². The summed E-state index contributed by atoms with van der Waals surface area (Å²) in [5.41, 5.74) is 0.157. The second-order valence-corrected chi connectivity index (χ2v) is 4.78. The molecule has 0 heterocycles. The zero-order valence-corrected chi connectivity index (χ0v) is 12.1. The van der Waals surface area contributed by atoms with Gasteiger partial charge in [-0.1, -0.05) is 30.3 Å². The van der Waals surface area contributed by atoms with Crippen LogP contribution >= 0.6 is 0 Å². The van der Waals surface area contributed by atoms with Crippen LogP contribution in [0.15, 0.2) is 42.5 Å². The molecular weight excluding hydrogens is 309 g/mol. The number of carbonyl (C=O) groups is 2. The van der Waals surface area contributed by atoms with E-state index in [1.807, 2.05) is 5.32 Å². The Kier molecular flexibility index (Phi) is 5.00. The summed E-state index contributed by atoms with van der Waals surface area (Å²) >= 11 is 0. The van der Waals surface area contributed by atoms with Gasteiger partial charge < -0.3 is 10.6 Å². The van der Waals surface area contributed by atoms with Crippen LogP contribution in [0.1, 0.15) is 18.5 Å². The van der Waals surface area contributed by atoms with Gasteiger partial charge in [0.25, 0.3) is 0 Å². The van der Waals surface area contributed by atoms with Gasteiger partial charge in [0.1, 0.15) is 0 Å². The van der Waals surface area contributed by atoms with Crippen molar-refractivity contribution in [3.8, 4) is 0 Å². The molecule has 2 aromatic carbocycles. The summed E-state index contributed by atoms with van der Waals surface area (Å²) in [5, 5.41) is 4.32. The number of hydrogen-bond donors (Lipinski definition) is 2. The maximum absolute atomic E-state index is 13.5. The fourth-order valence-electron chi connectivity index (χ4n) is 1.89. The van der Waals surface area contributed by atoms with E-state index in [1.165, 1.54) is 0 Å². The van der Waals surface area contributed by atoms with Gasteiger partial charge in [0.05, 0.1) is 11.7 Å². The number of hydrogen-bond acceptors (Lipinski definition) is 2. The third-order valence-corrected chi connectivity index (χ3v) is 3.14. The van der Waals surface area contributed by atoms with Gasteiger partial charge in [0.2, 0.25) is 0 Å². The molecule has 0 fully saturated rings. The second kappa shape index (κ2) is 6.95. The maximum atomic E-state index is 13.5. The van der Waals surface area contributed by atoms with E-state index in [9.17, 15) is 22.8 Å². The summed E-state index contributed by atoms with van der Waals surface area (Å²) in [7, 11) is 0. The Bertz CT molecular complexity index is 736. The first-order valence-corrected chi connectivity index (χ1v) is 6.70. The summed E-state index contributed by atoms with van der Waals surface area (Å²) in [6.07, 6.45) is 0. The number of rotatable bonds is 3. The van der Waals surface area contributed by atoms with Crippen LogP contribution in [0.5, 0.6) is 0 Å². The van der Waals surface area contributed by atoms with Gasteiger partial charge in [-0.3, -0.25) is 9.59 Å². The fourth-order valence-corrected chi connectivity index (χ4v) is 1.89. The zero-order valence-electron chi connectivity index (χ0n) is 12.1. The average molecular weight is 322 g/mol. The minimum atomic E-state index is -1.72. The lowest BCUT2D eigenvalue weighted by Crippen LogP contribution is -2.37. The Morgan fingerprint density at radius 2 is 1.57 bits per heavy atom. The van der Waals surface area contributed by atoms with Crippen molar-refractivity contribution in [3.05, 3.63) is 65.5 Å². The van der Waals surface area contributed by atoms with Crippen LogP contribution in [0.3, 0.4) is 0 Å². The van der Waals surface area contributed by atoms with E-state index in [-0.39, 0.29) is 0 Å². The molecule has 0 saturated heterocycles. The first kappa shape index (κ1) is 16.5. The molecule has 23 heavy (non-hydrogen) atoms. The van der Waals surface area contributed by atoms with Gasteiger partial charge in [0, 0.05) is 0 Å². The Balaban J connectivity index is 2.04. The van der Waals surface area contributed by atoms with Crippen molar-refractivity contribution in [1.29, 1.82) is 0 Å². The maximum Gasteiger partial charge on any atom is 0.313 e. The minimum absolute atomic E-state index is 0.454. The fraction of sp³-hybridized carbons (Fsp3) is 0.125. The molecule has 2 amide bonds. The second-order valence-electron chi connectivity index (χ2n) is 4.78. The van der Waals surface area contributed by atoms with Gasteiger partial charge in [-0.15, -0.1) is 0 Å². The quantitative estimate of drug-likeness (QED) is 0.674. The first-order chi connectivity index (χ1) is 10.9. The highest BCUT2D eigenvalue weighted by atomic mass is 19.2. The molecule has 2 rings (SSSR count). The topological polar surface area (TPSA) is 58.2 Å². The van der Waals surface area contributed by atoms with Gasteiger partial charge >= 0.3 is 11.8 Å². The smallest absolute Gasteiger partial charge is 0.313 e. The minimum Gasteiger partial charge on any atom is -0.341 e. The normalized spacial score (nSPS) is 11.7. The molecular formula is C16H13F3N2O2. The third kappa shape index (κ3) is 3.88. The van der Waals surface area contributed by atoms with Crippen LogP contribution < -0.4 is 10.6 Å². The summed E-state index contributed by atoms with van der Waals surface area (Å²) < 4.78 is 39.3. The van der Waals surface area contributed by atoms with E-state index in [2.05, 4.69) is 5.32 Å². The van der Waals surface area contributed by atoms with Crippen molar-refractivity contribution in [2.24, 2.45) is 0 Å². The molecule has 1 unspecified atom stereocenters. The highest BCUT2D eigenvalue weighted by Gasteiger charge is 2.20. The van der Waals surface area contributed by atoms with E-state index in [0.29, 0.717) is 6.07 Å². The van der Waals surface area contributed by atoms with Crippen LogP contribution in [-0.2, 0) is 9.59 Å². The predicted octanol–water partition coefficient (Wildman–Crippen LogP) is 2.92. The Morgan fingerprint density at radius 1 is 0.913 bits per heavy atom. The highest BCUT2D eigenvalue weighted by molar-refractivity contribution is 6.39. The molecule has 2 aromatic rings. The lowest BCUT2D eigenvalue weighted by atomic mass is 10.1. The predicted molar refractivity (Wildman–Crippen MR) is 77.9 cm³/mol. The molecule has 1 atom stereocenters. The Morgan fingerprint density at radius 3 is 2.22 bits per heavy atom. The van der Waals surface area contributed by atoms with E-state index >= 15 is 0 Å². The first-order valence-electron chi connectivity index (χ1n) is 6.70. The van der Waals surface area contributed by atoms with Gasteiger partial charge in [0.15, 0.2) is 17.5 Å². The molecule has 0 aliphatic carbocycles. The zero-order chi connectivity index (χ0) is 17.0.